The van der Waals surface area contributed by atoms with Crippen molar-refractivity contribution in [2.24, 2.45) is 0 Å². The number of nitrogens with one attached hydrogen (secondary N) is 3. The van der Waals surface area contributed by atoms with Gasteiger partial charge in [0.25, 0.3) is 0 Å². The van der Waals surface area contributed by atoms with Crippen molar-refractivity contribution >= 4 is 10.9 Å². The smallest absolute Gasteiger partial charge is 0.127 e. The molecular formula is C22H29N3O+2. The molecule has 3 N–H and O–H groups in total. The Morgan fingerprint density at radius 2 is 1.58 bits per heavy atom. The topological polar surface area (TPSA) is 33.9 Å². The molecule has 1 aliphatic heterocycles. The normalized spacial score (nSPS) is 20.3. The number of fused-ring (bicyclic) bond motifs is 1. The van der Waals surface area contributed by atoms with E-state index in [1.807, 2.05) is 6.92 Å². The molecule has 4 heteroatoms. The summed E-state index contributed by atoms with van der Waals surface area (Å²) in [6, 6.07) is 17.2. The molecule has 1 saturated heterocycles. The van der Waals surface area contributed by atoms with Crippen molar-refractivity contribution in [2.75, 3.05) is 32.8 Å². The summed E-state index contributed by atoms with van der Waals surface area (Å²) in [7, 11) is 0. The lowest BCUT2D eigenvalue weighted by Gasteiger charge is -2.29. The number of para-hydroxylation sites is 1. The first-order chi connectivity index (χ1) is 12.8. The largest absolute Gasteiger partial charge is 0.494 e. The van der Waals surface area contributed by atoms with E-state index >= 15 is 0 Å². The van der Waals surface area contributed by atoms with Crippen molar-refractivity contribution in [1.82, 2.24) is 4.98 Å². The molecule has 3 aromatic rings. The highest BCUT2D eigenvalue weighted by molar-refractivity contribution is 5.82. The standard InChI is InChI=1S/C22H27N3O/c1-2-26-20-9-7-18(8-10-20)16-24-11-13-25(14-12-24)17-19-15-23-22-6-4-3-5-21(19)22/h3-10,15,23H,2,11-14,16-17H2,1H3/p+2. The van der Waals surface area contributed by atoms with Crippen molar-refractivity contribution < 1.29 is 14.5 Å². The fourth-order valence-corrected chi connectivity index (χ4v) is 4.02. The third-order valence-electron chi connectivity index (χ3n) is 5.47. The molecule has 0 bridgehead atoms. The van der Waals surface area contributed by atoms with Crippen LogP contribution >= 0.6 is 0 Å². The number of ether oxygens (including phenoxy) is 1. The molecule has 4 nitrogen and oxygen atoms in total. The first-order valence-electron chi connectivity index (χ1n) is 9.75. The van der Waals surface area contributed by atoms with E-state index in [2.05, 4.69) is 59.7 Å². The zero-order chi connectivity index (χ0) is 17.8. The minimum atomic E-state index is 0.728. The molecule has 26 heavy (non-hydrogen) atoms. The lowest BCUT2D eigenvalue weighted by Crippen LogP contribution is -3.27. The maximum Gasteiger partial charge on any atom is 0.127 e. The van der Waals surface area contributed by atoms with Gasteiger partial charge in [0.15, 0.2) is 0 Å². The third kappa shape index (κ3) is 3.92. The number of rotatable bonds is 6. The van der Waals surface area contributed by atoms with Crippen LogP contribution in [0.1, 0.15) is 18.1 Å². The lowest BCUT2D eigenvalue weighted by molar-refractivity contribution is -1.02. The van der Waals surface area contributed by atoms with Crippen LogP contribution in [0.3, 0.4) is 0 Å². The Morgan fingerprint density at radius 3 is 2.31 bits per heavy atom. The van der Waals surface area contributed by atoms with E-state index in [1.54, 1.807) is 9.80 Å². The number of aromatic nitrogens is 1. The molecule has 136 valence electrons. The quantitative estimate of drug-likeness (QED) is 0.610. The molecule has 1 fully saturated rings. The van der Waals surface area contributed by atoms with Gasteiger partial charge in [0.2, 0.25) is 0 Å². The van der Waals surface area contributed by atoms with Crippen LogP contribution in [0.25, 0.3) is 10.9 Å². The SMILES string of the molecule is CCOc1ccc(C[NH+]2CC[NH+](Cc3c[nH]c4ccccc34)CC2)cc1. The van der Waals surface area contributed by atoms with Gasteiger partial charge in [-0.1, -0.05) is 18.2 Å². The molecule has 4 rings (SSSR count). The summed E-state index contributed by atoms with van der Waals surface area (Å²) >= 11 is 0. The maximum atomic E-state index is 5.53. The van der Waals surface area contributed by atoms with E-state index < -0.39 is 0 Å². The van der Waals surface area contributed by atoms with Crippen LogP contribution in [-0.2, 0) is 13.1 Å². The summed E-state index contributed by atoms with van der Waals surface area (Å²) < 4.78 is 5.53. The molecule has 0 aliphatic carbocycles. The molecule has 1 aromatic heterocycles. The predicted molar refractivity (Wildman–Crippen MR) is 105 cm³/mol. The monoisotopic (exact) mass is 351 g/mol. The molecule has 2 aromatic carbocycles. The zero-order valence-electron chi connectivity index (χ0n) is 15.6. The Bertz CT molecular complexity index is 832. The van der Waals surface area contributed by atoms with Gasteiger partial charge in [-0.15, -0.1) is 0 Å². The number of H-pyrrole nitrogens is 1. The summed E-state index contributed by atoms with van der Waals surface area (Å²) in [6.07, 6.45) is 2.19. The highest BCUT2D eigenvalue weighted by Gasteiger charge is 2.23. The fourth-order valence-electron chi connectivity index (χ4n) is 4.02. The van der Waals surface area contributed by atoms with E-state index in [4.69, 9.17) is 4.74 Å². The van der Waals surface area contributed by atoms with Crippen LogP contribution in [0.4, 0.5) is 0 Å². The Morgan fingerprint density at radius 1 is 0.885 bits per heavy atom. The van der Waals surface area contributed by atoms with Gasteiger partial charge in [-0.3, -0.25) is 0 Å². The Hall–Kier alpha value is -2.30. The molecule has 0 unspecified atom stereocenters. The minimum Gasteiger partial charge on any atom is -0.494 e. The van der Waals surface area contributed by atoms with Gasteiger partial charge < -0.3 is 19.5 Å². The molecule has 0 amide bonds. The van der Waals surface area contributed by atoms with Crippen LogP contribution in [0.2, 0.25) is 0 Å². The summed E-state index contributed by atoms with van der Waals surface area (Å²) in [5.41, 5.74) is 4.11. The van der Waals surface area contributed by atoms with Crippen molar-refractivity contribution in [2.45, 2.75) is 20.0 Å². The molecular weight excluding hydrogens is 322 g/mol. The molecule has 0 spiro atoms. The van der Waals surface area contributed by atoms with Crippen LogP contribution < -0.4 is 14.5 Å². The number of hydrogen-bond donors (Lipinski definition) is 3. The van der Waals surface area contributed by atoms with Gasteiger partial charge in [0.1, 0.15) is 45.0 Å². The average molecular weight is 351 g/mol. The molecule has 0 atom stereocenters. The van der Waals surface area contributed by atoms with E-state index in [0.29, 0.717) is 0 Å². The molecule has 2 heterocycles. The van der Waals surface area contributed by atoms with E-state index in [-0.39, 0.29) is 0 Å². The number of hydrogen-bond acceptors (Lipinski definition) is 1. The highest BCUT2D eigenvalue weighted by Crippen LogP contribution is 2.16. The second-order valence-electron chi connectivity index (χ2n) is 7.29. The summed E-state index contributed by atoms with van der Waals surface area (Å²) in [6.45, 7) is 9.96. The summed E-state index contributed by atoms with van der Waals surface area (Å²) in [5, 5.41) is 1.38. The number of quaternary nitrogens is 2. The van der Waals surface area contributed by atoms with Gasteiger partial charge in [-0.25, -0.2) is 0 Å². The van der Waals surface area contributed by atoms with Gasteiger partial charge in [-0.05, 0) is 37.3 Å². The summed E-state index contributed by atoms with van der Waals surface area (Å²) in [5.74, 6) is 0.972. The van der Waals surface area contributed by atoms with Gasteiger partial charge in [-0.2, -0.15) is 0 Å². The van der Waals surface area contributed by atoms with Crippen LogP contribution in [0.15, 0.2) is 54.7 Å². The summed E-state index contributed by atoms with van der Waals surface area (Å²) in [4.78, 5) is 6.79. The van der Waals surface area contributed by atoms with Gasteiger partial charge >= 0.3 is 0 Å². The van der Waals surface area contributed by atoms with Crippen LogP contribution in [0, 0.1) is 0 Å². The van der Waals surface area contributed by atoms with Crippen LogP contribution in [-0.4, -0.2) is 37.8 Å². The second kappa shape index (κ2) is 7.94. The Kier molecular flexibility index (Phi) is 5.23. The molecule has 1 aliphatic rings. The predicted octanol–water partition coefficient (Wildman–Crippen LogP) is 1.05. The molecule has 0 saturated carbocycles. The zero-order valence-corrected chi connectivity index (χ0v) is 15.6. The average Bonchev–Trinajstić information content (AvgIpc) is 3.08. The highest BCUT2D eigenvalue weighted by atomic mass is 16.5. The fraction of sp³-hybridized carbons (Fsp3) is 0.364. The first-order valence-corrected chi connectivity index (χ1v) is 9.75. The first kappa shape index (κ1) is 17.1. The van der Waals surface area contributed by atoms with Crippen molar-refractivity contribution in [3.63, 3.8) is 0 Å². The maximum absolute atomic E-state index is 5.53. The van der Waals surface area contributed by atoms with Crippen LogP contribution in [0.5, 0.6) is 5.75 Å². The second-order valence-corrected chi connectivity index (χ2v) is 7.29. The van der Waals surface area contributed by atoms with Crippen molar-refractivity contribution in [1.29, 1.82) is 0 Å². The number of aromatic amines is 1. The van der Waals surface area contributed by atoms with Gasteiger partial charge in [0.05, 0.1) is 6.61 Å². The van der Waals surface area contributed by atoms with E-state index in [0.717, 1.165) is 25.4 Å². The van der Waals surface area contributed by atoms with Crippen molar-refractivity contribution in [3.05, 3.63) is 65.9 Å². The Labute approximate surface area is 155 Å². The third-order valence-corrected chi connectivity index (χ3v) is 5.47. The van der Waals surface area contributed by atoms with Gasteiger partial charge in [0, 0.05) is 28.2 Å². The number of piperazine rings is 1. The minimum absolute atomic E-state index is 0.728. The number of benzene rings is 2. The van der Waals surface area contributed by atoms with E-state index in [9.17, 15) is 0 Å². The van der Waals surface area contributed by atoms with Crippen molar-refractivity contribution in [3.8, 4) is 5.75 Å². The van der Waals surface area contributed by atoms with E-state index in [1.165, 1.54) is 48.2 Å². The lowest BCUT2D eigenvalue weighted by atomic mass is 10.1. The Balaban J connectivity index is 1.30. The molecule has 0 radical (unpaired) electrons.